The van der Waals surface area contributed by atoms with E-state index in [-0.39, 0.29) is 6.10 Å². The minimum atomic E-state index is 0.272. The first-order valence-corrected chi connectivity index (χ1v) is 10.4. The van der Waals surface area contributed by atoms with Gasteiger partial charge in [-0.05, 0) is 69.1 Å². The maximum atomic E-state index is 12.6. The summed E-state index contributed by atoms with van der Waals surface area (Å²) >= 11 is 0. The topological polar surface area (TPSA) is 38.8 Å². The summed E-state index contributed by atoms with van der Waals surface area (Å²) in [6, 6.07) is 0. The van der Waals surface area contributed by atoms with Crippen LogP contribution in [0, 0.1) is 11.3 Å². The summed E-state index contributed by atoms with van der Waals surface area (Å²) in [7, 11) is 0. The Morgan fingerprint density at radius 2 is 2.08 bits per heavy atom. The van der Waals surface area contributed by atoms with Crippen molar-refractivity contribution in [2.45, 2.75) is 70.3 Å². The molecule has 25 heavy (non-hydrogen) atoms. The molecular weight excluding hydrogens is 314 g/mol. The lowest BCUT2D eigenvalue weighted by molar-refractivity contribution is -0.132. The van der Waals surface area contributed by atoms with Gasteiger partial charge >= 0.3 is 0 Å². The number of piperidine rings is 1. The Balaban J connectivity index is 1.19. The molecule has 2 aliphatic carbocycles. The van der Waals surface area contributed by atoms with Gasteiger partial charge in [0.05, 0.1) is 19.3 Å². The third-order valence-corrected chi connectivity index (χ3v) is 6.58. The number of nitrogens with zero attached hydrogens (tertiary/aromatic N) is 1. The van der Waals surface area contributed by atoms with Gasteiger partial charge in [-0.3, -0.25) is 4.79 Å². The molecule has 0 aromatic rings. The number of allylic oxidation sites excluding steroid dienone is 1. The number of carbonyl (C=O) groups excluding carboxylic acids is 1. The highest BCUT2D eigenvalue weighted by molar-refractivity contribution is 5.78. The predicted octanol–water partition coefficient (Wildman–Crippen LogP) is 3.70. The summed E-state index contributed by atoms with van der Waals surface area (Å²) in [5, 5.41) is 0. The molecule has 2 saturated heterocycles. The van der Waals surface area contributed by atoms with Crippen molar-refractivity contribution in [3.05, 3.63) is 11.6 Å². The largest absolute Gasteiger partial charge is 0.378 e. The van der Waals surface area contributed by atoms with Crippen molar-refractivity contribution in [2.24, 2.45) is 11.3 Å². The molecular formula is C21H33NO3. The van der Waals surface area contributed by atoms with Crippen molar-refractivity contribution < 1.29 is 14.3 Å². The predicted molar refractivity (Wildman–Crippen MR) is 97.3 cm³/mol. The molecule has 0 aromatic carbocycles. The number of likely N-dealkylation sites (tertiary alicyclic amines) is 1. The summed E-state index contributed by atoms with van der Waals surface area (Å²) in [6.45, 7) is 4.36. The minimum absolute atomic E-state index is 0.272. The summed E-state index contributed by atoms with van der Waals surface area (Å²) in [6.07, 6.45) is 14.0. The van der Waals surface area contributed by atoms with Gasteiger partial charge < -0.3 is 14.4 Å². The highest BCUT2D eigenvalue weighted by Gasteiger charge is 2.43. The number of hydrogen-bond donors (Lipinski definition) is 0. The van der Waals surface area contributed by atoms with Crippen LogP contribution in [0.3, 0.4) is 0 Å². The van der Waals surface area contributed by atoms with Crippen LogP contribution in [0.2, 0.25) is 0 Å². The van der Waals surface area contributed by atoms with Crippen LogP contribution in [0.4, 0.5) is 0 Å². The normalized spacial score (nSPS) is 29.0. The lowest BCUT2D eigenvalue weighted by Gasteiger charge is -2.38. The van der Waals surface area contributed by atoms with E-state index in [1.54, 1.807) is 0 Å². The fourth-order valence-corrected chi connectivity index (χ4v) is 4.60. The van der Waals surface area contributed by atoms with Crippen LogP contribution >= 0.6 is 0 Å². The lowest BCUT2D eigenvalue weighted by Crippen LogP contribution is -2.43. The maximum Gasteiger partial charge on any atom is 0.226 e. The standard InChI is InChI=1S/C21H33NO3/c23-20(12-17-4-2-1-3-5-17)22-10-8-21(9-11-22)13-19(25-16-21)15-24-14-18-6-7-18/h4,18-19H,1-3,5-16H2/t19-/m0/s1. The molecule has 1 saturated carbocycles. The van der Waals surface area contributed by atoms with Crippen molar-refractivity contribution in [3.8, 4) is 0 Å². The Morgan fingerprint density at radius 1 is 1.24 bits per heavy atom. The number of hydrogen-bond acceptors (Lipinski definition) is 3. The molecule has 0 radical (unpaired) electrons. The van der Waals surface area contributed by atoms with E-state index in [1.165, 1.54) is 31.3 Å². The van der Waals surface area contributed by atoms with Crippen LogP contribution in [0.15, 0.2) is 11.6 Å². The molecule has 3 fully saturated rings. The van der Waals surface area contributed by atoms with Crippen molar-refractivity contribution in [1.82, 2.24) is 4.90 Å². The van der Waals surface area contributed by atoms with E-state index in [0.29, 0.717) is 17.7 Å². The number of ether oxygens (including phenoxy) is 2. The Bertz CT molecular complexity index is 503. The first kappa shape index (κ1) is 17.5. The van der Waals surface area contributed by atoms with E-state index in [9.17, 15) is 4.79 Å². The number of amides is 1. The van der Waals surface area contributed by atoms with E-state index in [0.717, 1.165) is 70.9 Å². The zero-order valence-corrected chi connectivity index (χ0v) is 15.5. The molecule has 0 bridgehead atoms. The second kappa shape index (κ2) is 7.79. The SMILES string of the molecule is O=C(CC1=CCCCC1)N1CCC2(CC1)CO[C@H](COCC1CC1)C2. The molecule has 4 aliphatic rings. The Kier molecular flexibility index (Phi) is 5.47. The molecule has 1 spiro atoms. The van der Waals surface area contributed by atoms with Gasteiger partial charge in [-0.1, -0.05) is 11.6 Å². The molecule has 0 N–H and O–H groups in total. The maximum absolute atomic E-state index is 12.6. The molecule has 2 heterocycles. The molecule has 4 rings (SSSR count). The fraction of sp³-hybridized carbons (Fsp3) is 0.857. The third-order valence-electron chi connectivity index (χ3n) is 6.58. The lowest BCUT2D eigenvalue weighted by atomic mass is 9.76. The Morgan fingerprint density at radius 3 is 2.80 bits per heavy atom. The first-order valence-electron chi connectivity index (χ1n) is 10.4. The minimum Gasteiger partial charge on any atom is -0.378 e. The summed E-state index contributed by atoms with van der Waals surface area (Å²) < 4.78 is 11.9. The average Bonchev–Trinajstić information content (AvgIpc) is 3.38. The highest BCUT2D eigenvalue weighted by Crippen LogP contribution is 2.42. The van der Waals surface area contributed by atoms with Gasteiger partial charge in [0.25, 0.3) is 0 Å². The number of rotatable bonds is 6. The Hall–Kier alpha value is -0.870. The Labute approximate surface area is 151 Å². The van der Waals surface area contributed by atoms with Gasteiger partial charge in [-0.25, -0.2) is 0 Å². The van der Waals surface area contributed by atoms with E-state index < -0.39 is 0 Å². The molecule has 4 nitrogen and oxygen atoms in total. The molecule has 2 aliphatic heterocycles. The third kappa shape index (κ3) is 4.65. The van der Waals surface area contributed by atoms with Gasteiger partial charge in [0.2, 0.25) is 5.91 Å². The van der Waals surface area contributed by atoms with E-state index in [4.69, 9.17) is 9.47 Å². The van der Waals surface area contributed by atoms with Crippen LogP contribution in [-0.2, 0) is 14.3 Å². The van der Waals surface area contributed by atoms with Crippen LogP contribution in [-0.4, -0.2) is 49.8 Å². The summed E-state index contributed by atoms with van der Waals surface area (Å²) in [4.78, 5) is 14.7. The first-order chi connectivity index (χ1) is 12.2. The van der Waals surface area contributed by atoms with Crippen LogP contribution in [0.1, 0.15) is 64.2 Å². The molecule has 4 heteroatoms. The monoisotopic (exact) mass is 347 g/mol. The molecule has 140 valence electrons. The second-order valence-corrected chi connectivity index (χ2v) is 8.78. The van der Waals surface area contributed by atoms with Crippen LogP contribution < -0.4 is 0 Å². The van der Waals surface area contributed by atoms with Gasteiger partial charge in [-0.2, -0.15) is 0 Å². The van der Waals surface area contributed by atoms with Crippen LogP contribution in [0.25, 0.3) is 0 Å². The van der Waals surface area contributed by atoms with Crippen molar-refractivity contribution in [1.29, 1.82) is 0 Å². The van der Waals surface area contributed by atoms with Crippen molar-refractivity contribution >= 4 is 5.91 Å². The molecule has 0 unspecified atom stereocenters. The van der Waals surface area contributed by atoms with Gasteiger partial charge in [-0.15, -0.1) is 0 Å². The van der Waals surface area contributed by atoms with Gasteiger partial charge in [0, 0.05) is 26.1 Å². The van der Waals surface area contributed by atoms with Crippen LogP contribution in [0.5, 0.6) is 0 Å². The highest BCUT2D eigenvalue weighted by atomic mass is 16.5. The summed E-state index contributed by atoms with van der Waals surface area (Å²) in [5.41, 5.74) is 1.67. The zero-order valence-electron chi connectivity index (χ0n) is 15.5. The average molecular weight is 347 g/mol. The molecule has 0 aromatic heterocycles. The fourth-order valence-electron chi connectivity index (χ4n) is 4.60. The second-order valence-electron chi connectivity index (χ2n) is 8.78. The number of carbonyl (C=O) groups is 1. The zero-order chi connectivity index (χ0) is 17.1. The smallest absolute Gasteiger partial charge is 0.226 e. The molecule has 1 amide bonds. The van der Waals surface area contributed by atoms with Gasteiger partial charge in [0.15, 0.2) is 0 Å². The van der Waals surface area contributed by atoms with Crippen molar-refractivity contribution in [2.75, 3.05) is 32.9 Å². The summed E-state index contributed by atoms with van der Waals surface area (Å²) in [5.74, 6) is 1.16. The van der Waals surface area contributed by atoms with E-state index in [1.807, 2.05) is 0 Å². The van der Waals surface area contributed by atoms with Gasteiger partial charge in [0.1, 0.15) is 0 Å². The van der Waals surface area contributed by atoms with E-state index in [2.05, 4.69) is 11.0 Å². The van der Waals surface area contributed by atoms with Crippen molar-refractivity contribution in [3.63, 3.8) is 0 Å². The van der Waals surface area contributed by atoms with E-state index >= 15 is 0 Å². The quantitative estimate of drug-likeness (QED) is 0.688. The molecule has 1 atom stereocenters.